The van der Waals surface area contributed by atoms with Crippen molar-refractivity contribution in [2.75, 3.05) is 31.1 Å². The molecule has 0 bridgehead atoms. The van der Waals surface area contributed by atoms with Crippen LogP contribution in [0.4, 0.5) is 10.6 Å². The van der Waals surface area contributed by atoms with Gasteiger partial charge in [0.15, 0.2) is 0 Å². The van der Waals surface area contributed by atoms with Crippen molar-refractivity contribution in [3.63, 3.8) is 0 Å². The van der Waals surface area contributed by atoms with Gasteiger partial charge in [0.05, 0.1) is 5.56 Å². The third-order valence-electron chi connectivity index (χ3n) is 6.37. The van der Waals surface area contributed by atoms with Gasteiger partial charge in [0, 0.05) is 44.3 Å². The number of amides is 3. The van der Waals surface area contributed by atoms with Crippen LogP contribution < -0.4 is 4.90 Å². The second-order valence-electron chi connectivity index (χ2n) is 8.11. The quantitative estimate of drug-likeness (QED) is 0.792. The third kappa shape index (κ3) is 2.99. The molecule has 1 aromatic heterocycles. The number of hydrogen-bond donors (Lipinski definition) is 0. The summed E-state index contributed by atoms with van der Waals surface area (Å²) in [5, 5.41) is 0. The summed E-state index contributed by atoms with van der Waals surface area (Å²) in [7, 11) is 0. The number of rotatable bonds is 3. The highest BCUT2D eigenvalue weighted by atomic mass is 16.2. The minimum atomic E-state index is -0.00201. The molecule has 4 aliphatic heterocycles. The predicted molar refractivity (Wildman–Crippen MR) is 110 cm³/mol. The zero-order valence-corrected chi connectivity index (χ0v) is 16.9. The number of urea groups is 1. The van der Waals surface area contributed by atoms with Crippen LogP contribution in [-0.4, -0.2) is 64.0 Å². The number of likely N-dealkylation sites (tertiary alicyclic amines) is 1. The molecule has 3 amide bonds. The topological polar surface area (TPSA) is 60.0 Å². The number of nitrogens with zero attached hydrogens (tertiary/aromatic N) is 5. The Morgan fingerprint density at radius 1 is 1.17 bits per heavy atom. The minimum Gasteiger partial charge on any atom is -0.339 e. The zero-order valence-electron chi connectivity index (χ0n) is 16.9. The van der Waals surface area contributed by atoms with Gasteiger partial charge in [-0.15, -0.1) is 0 Å². The van der Waals surface area contributed by atoms with Gasteiger partial charge in [0.2, 0.25) is 0 Å². The maximum absolute atomic E-state index is 12.9. The van der Waals surface area contributed by atoms with Gasteiger partial charge in [-0.05, 0) is 62.8 Å². The number of fused-ring (bicyclic) bond motifs is 2. The number of piperidine rings is 1. The fourth-order valence-corrected chi connectivity index (χ4v) is 4.77. The van der Waals surface area contributed by atoms with E-state index >= 15 is 0 Å². The Bertz CT molecular complexity index is 902. The molecule has 0 aromatic carbocycles. The van der Waals surface area contributed by atoms with E-state index < -0.39 is 0 Å². The van der Waals surface area contributed by atoms with Gasteiger partial charge in [-0.25, -0.2) is 9.78 Å². The number of hydrogen-bond acceptors (Lipinski definition) is 4. The van der Waals surface area contributed by atoms with Crippen molar-refractivity contribution in [3.8, 4) is 0 Å². The number of anilines is 1. The van der Waals surface area contributed by atoms with Crippen molar-refractivity contribution in [2.24, 2.45) is 0 Å². The Morgan fingerprint density at radius 2 is 2.00 bits per heavy atom. The van der Waals surface area contributed by atoms with Crippen LogP contribution in [0, 0.1) is 0 Å². The van der Waals surface area contributed by atoms with Crippen LogP contribution in [0.5, 0.6) is 0 Å². The number of pyridine rings is 1. The molecule has 1 aromatic rings. The molecule has 0 aliphatic carbocycles. The van der Waals surface area contributed by atoms with E-state index in [-0.39, 0.29) is 18.1 Å². The zero-order chi connectivity index (χ0) is 20.0. The van der Waals surface area contributed by atoms with Crippen molar-refractivity contribution in [1.29, 1.82) is 0 Å². The van der Waals surface area contributed by atoms with Crippen LogP contribution in [0.2, 0.25) is 0 Å². The van der Waals surface area contributed by atoms with Crippen molar-refractivity contribution in [3.05, 3.63) is 47.4 Å². The average Bonchev–Trinajstić information content (AvgIpc) is 2.78. The lowest BCUT2D eigenvalue weighted by Gasteiger charge is -2.49. The predicted octanol–water partition coefficient (Wildman–Crippen LogP) is 2.96. The summed E-state index contributed by atoms with van der Waals surface area (Å²) in [6, 6.07) is 2.10. The van der Waals surface area contributed by atoms with Crippen LogP contribution in [0.3, 0.4) is 0 Å². The molecule has 0 radical (unpaired) electrons. The Hall–Kier alpha value is -2.83. The van der Waals surface area contributed by atoms with Gasteiger partial charge < -0.3 is 9.80 Å². The summed E-state index contributed by atoms with van der Waals surface area (Å²) in [6.07, 6.45) is 13.1. The molecule has 0 spiro atoms. The van der Waals surface area contributed by atoms with Crippen LogP contribution in [0.1, 0.15) is 48.5 Å². The molecule has 2 saturated heterocycles. The van der Waals surface area contributed by atoms with Crippen molar-refractivity contribution in [2.45, 2.75) is 45.2 Å². The van der Waals surface area contributed by atoms with Crippen LogP contribution >= 0.6 is 0 Å². The normalized spacial score (nSPS) is 23.4. The first-order valence-corrected chi connectivity index (χ1v) is 10.7. The molecule has 5 heterocycles. The minimum absolute atomic E-state index is 0.00201. The van der Waals surface area contributed by atoms with E-state index in [0.29, 0.717) is 12.1 Å². The lowest BCUT2D eigenvalue weighted by molar-refractivity contribution is 0.0499. The molecule has 5 rings (SSSR count). The molecule has 4 aliphatic rings. The standard InChI is InChI=1S/C22H27N5O2/c1-2-25-19-14-18(8-12-27(19)22(25)29)26-11-6-7-16-13-17(15-23-20(16)26)21(28)24-9-4-3-5-10-24/h8,12-15,19H,2-7,9-11H2,1H3. The molecular formula is C22H27N5O2. The van der Waals surface area contributed by atoms with Crippen LogP contribution in [0.15, 0.2) is 36.3 Å². The average molecular weight is 393 g/mol. The molecule has 2 fully saturated rings. The number of allylic oxidation sites excluding steroid dienone is 1. The number of aromatic nitrogens is 1. The number of carbonyl (C=O) groups is 2. The smallest absolute Gasteiger partial charge is 0.327 e. The summed E-state index contributed by atoms with van der Waals surface area (Å²) in [6.45, 7) is 5.30. The second kappa shape index (κ2) is 7.21. The summed E-state index contributed by atoms with van der Waals surface area (Å²) in [4.78, 5) is 37.4. The molecule has 7 nitrogen and oxygen atoms in total. The molecule has 0 saturated carbocycles. The van der Waals surface area contributed by atoms with E-state index in [1.54, 1.807) is 11.1 Å². The first kappa shape index (κ1) is 18.2. The Labute approximate surface area is 171 Å². The van der Waals surface area contributed by atoms with Crippen molar-refractivity contribution >= 4 is 17.8 Å². The molecule has 1 atom stereocenters. The maximum Gasteiger partial charge on any atom is 0.327 e. The fraction of sp³-hybridized carbons (Fsp3) is 0.500. The molecule has 1 unspecified atom stereocenters. The van der Waals surface area contributed by atoms with Gasteiger partial charge in [0.25, 0.3) is 5.91 Å². The third-order valence-corrected chi connectivity index (χ3v) is 6.37. The van der Waals surface area contributed by atoms with Crippen molar-refractivity contribution in [1.82, 2.24) is 19.7 Å². The highest BCUT2D eigenvalue weighted by Gasteiger charge is 2.42. The molecule has 7 heteroatoms. The lowest BCUT2D eigenvalue weighted by atomic mass is 10.0. The first-order chi connectivity index (χ1) is 14.2. The Morgan fingerprint density at radius 3 is 2.79 bits per heavy atom. The summed E-state index contributed by atoms with van der Waals surface area (Å²) in [5.41, 5.74) is 2.90. The summed E-state index contributed by atoms with van der Waals surface area (Å²) >= 11 is 0. The summed E-state index contributed by atoms with van der Waals surface area (Å²) < 4.78 is 0. The first-order valence-electron chi connectivity index (χ1n) is 10.7. The SMILES string of the molecule is CCN1C(=O)N2C=CC(N3CCCc4cc(C(=O)N5CCCCC5)cnc43)=CC21. The number of carbonyl (C=O) groups excluding carboxylic acids is 2. The van der Waals surface area contributed by atoms with Crippen molar-refractivity contribution < 1.29 is 9.59 Å². The van der Waals surface area contributed by atoms with E-state index in [1.165, 1.54) is 6.42 Å². The van der Waals surface area contributed by atoms with Gasteiger partial charge in [-0.1, -0.05) is 0 Å². The molecular weight excluding hydrogens is 366 g/mol. The lowest BCUT2D eigenvalue weighted by Crippen LogP contribution is -2.65. The maximum atomic E-state index is 12.9. The van der Waals surface area contributed by atoms with E-state index in [2.05, 4.69) is 11.0 Å². The fourth-order valence-electron chi connectivity index (χ4n) is 4.77. The van der Waals surface area contributed by atoms with Gasteiger partial charge in [-0.2, -0.15) is 0 Å². The summed E-state index contributed by atoms with van der Waals surface area (Å²) in [5.74, 6) is 1.04. The number of aryl methyl sites for hydroxylation is 1. The Kier molecular flexibility index (Phi) is 4.53. The van der Waals surface area contributed by atoms with Crippen LogP contribution in [-0.2, 0) is 6.42 Å². The molecule has 0 N–H and O–H groups in total. The van der Waals surface area contributed by atoms with Gasteiger partial charge in [0.1, 0.15) is 12.0 Å². The highest BCUT2D eigenvalue weighted by Crippen LogP contribution is 2.34. The van der Waals surface area contributed by atoms with Crippen LogP contribution in [0.25, 0.3) is 0 Å². The van der Waals surface area contributed by atoms with Gasteiger partial charge >= 0.3 is 6.03 Å². The van der Waals surface area contributed by atoms with E-state index in [4.69, 9.17) is 4.98 Å². The molecule has 152 valence electrons. The van der Waals surface area contributed by atoms with E-state index in [1.807, 2.05) is 35.1 Å². The number of likely N-dealkylation sites (N-methyl/N-ethyl adjacent to an activating group) is 1. The second-order valence-corrected chi connectivity index (χ2v) is 8.11. The largest absolute Gasteiger partial charge is 0.339 e. The molecule has 29 heavy (non-hydrogen) atoms. The Balaban J connectivity index is 1.39. The van der Waals surface area contributed by atoms with E-state index in [0.717, 1.165) is 62.4 Å². The van der Waals surface area contributed by atoms with Gasteiger partial charge in [-0.3, -0.25) is 14.6 Å². The highest BCUT2D eigenvalue weighted by molar-refractivity contribution is 5.94. The van der Waals surface area contributed by atoms with E-state index in [9.17, 15) is 9.59 Å². The monoisotopic (exact) mass is 393 g/mol.